The molecule has 1 N–H and O–H groups in total. The molecule has 108 valence electrons. The number of aromatic nitrogens is 1. The van der Waals surface area contributed by atoms with Crippen molar-refractivity contribution in [2.75, 3.05) is 31.9 Å². The first-order valence-corrected chi connectivity index (χ1v) is 8.21. The Hall–Kier alpha value is -0.580. The molecule has 0 saturated carbocycles. The molecule has 0 aliphatic rings. The molecule has 1 aromatic heterocycles. The summed E-state index contributed by atoms with van der Waals surface area (Å²) in [5.74, 6) is 1.11. The molecule has 0 radical (unpaired) electrons. The molecule has 0 aliphatic carbocycles. The van der Waals surface area contributed by atoms with Crippen molar-refractivity contribution in [3.8, 4) is 0 Å². The highest BCUT2D eigenvalue weighted by Crippen LogP contribution is 2.20. The molecule has 0 amide bonds. The summed E-state index contributed by atoms with van der Waals surface area (Å²) in [6.07, 6.45) is 2.00. The van der Waals surface area contributed by atoms with Crippen LogP contribution in [0.15, 0.2) is 17.3 Å². The van der Waals surface area contributed by atoms with E-state index >= 15 is 0 Å². The maximum Gasteiger partial charge on any atom is 0.0989 e. The SMILES string of the molecule is CCNCc1cnc(SCCN(CC)CC)c(C)c1. The van der Waals surface area contributed by atoms with Crippen molar-refractivity contribution in [1.29, 1.82) is 0 Å². The molecule has 0 aromatic carbocycles. The molecule has 19 heavy (non-hydrogen) atoms. The van der Waals surface area contributed by atoms with Gasteiger partial charge in [0, 0.05) is 25.0 Å². The van der Waals surface area contributed by atoms with Crippen molar-refractivity contribution in [2.45, 2.75) is 39.3 Å². The molecule has 0 saturated heterocycles. The van der Waals surface area contributed by atoms with Gasteiger partial charge in [-0.05, 0) is 37.7 Å². The smallest absolute Gasteiger partial charge is 0.0989 e. The van der Waals surface area contributed by atoms with Gasteiger partial charge in [-0.3, -0.25) is 0 Å². The van der Waals surface area contributed by atoms with Gasteiger partial charge >= 0.3 is 0 Å². The molecule has 1 rings (SSSR count). The second-order valence-corrected chi connectivity index (χ2v) is 5.70. The summed E-state index contributed by atoms with van der Waals surface area (Å²) in [6, 6.07) is 2.25. The van der Waals surface area contributed by atoms with E-state index < -0.39 is 0 Å². The molecule has 0 spiro atoms. The summed E-state index contributed by atoms with van der Waals surface area (Å²) in [5.41, 5.74) is 2.56. The Morgan fingerprint density at radius 2 is 2.00 bits per heavy atom. The van der Waals surface area contributed by atoms with Crippen molar-refractivity contribution in [3.05, 3.63) is 23.4 Å². The number of nitrogens with one attached hydrogen (secondary N) is 1. The lowest BCUT2D eigenvalue weighted by atomic mass is 10.2. The predicted octanol–water partition coefficient (Wildman–Crippen LogP) is 2.93. The van der Waals surface area contributed by atoms with Crippen LogP contribution in [0.25, 0.3) is 0 Å². The van der Waals surface area contributed by atoms with Crippen LogP contribution in [0.5, 0.6) is 0 Å². The normalized spacial score (nSPS) is 11.2. The third-order valence-corrected chi connectivity index (χ3v) is 4.29. The minimum atomic E-state index is 0.911. The Kier molecular flexibility index (Phi) is 8.10. The fourth-order valence-corrected chi connectivity index (χ4v) is 2.91. The van der Waals surface area contributed by atoms with Crippen LogP contribution in [0.4, 0.5) is 0 Å². The molecular weight excluding hydrogens is 254 g/mol. The third-order valence-electron chi connectivity index (χ3n) is 3.21. The van der Waals surface area contributed by atoms with E-state index in [1.54, 1.807) is 0 Å². The Morgan fingerprint density at radius 1 is 1.26 bits per heavy atom. The maximum atomic E-state index is 4.58. The highest BCUT2D eigenvalue weighted by molar-refractivity contribution is 7.99. The zero-order valence-electron chi connectivity index (χ0n) is 12.7. The van der Waals surface area contributed by atoms with Crippen LogP contribution in [0.1, 0.15) is 31.9 Å². The van der Waals surface area contributed by atoms with Gasteiger partial charge in [-0.15, -0.1) is 11.8 Å². The topological polar surface area (TPSA) is 28.2 Å². The van der Waals surface area contributed by atoms with Gasteiger partial charge in [0.15, 0.2) is 0 Å². The van der Waals surface area contributed by atoms with Crippen molar-refractivity contribution in [3.63, 3.8) is 0 Å². The van der Waals surface area contributed by atoms with E-state index in [2.05, 4.69) is 49.0 Å². The van der Waals surface area contributed by atoms with E-state index in [9.17, 15) is 0 Å². The lowest BCUT2D eigenvalue weighted by Crippen LogP contribution is -2.25. The van der Waals surface area contributed by atoms with Gasteiger partial charge in [-0.25, -0.2) is 4.98 Å². The van der Waals surface area contributed by atoms with Crippen LogP contribution < -0.4 is 5.32 Å². The number of aryl methyl sites for hydroxylation is 1. The average molecular weight is 281 g/mol. The van der Waals surface area contributed by atoms with Gasteiger partial charge in [-0.1, -0.05) is 26.8 Å². The molecule has 0 atom stereocenters. The molecule has 4 heteroatoms. The second-order valence-electron chi connectivity index (χ2n) is 4.62. The van der Waals surface area contributed by atoms with E-state index in [1.165, 1.54) is 16.2 Å². The largest absolute Gasteiger partial charge is 0.313 e. The van der Waals surface area contributed by atoms with Gasteiger partial charge in [0.1, 0.15) is 0 Å². The van der Waals surface area contributed by atoms with Gasteiger partial charge in [0.05, 0.1) is 5.03 Å². The van der Waals surface area contributed by atoms with Crippen LogP contribution in [0.3, 0.4) is 0 Å². The second kappa shape index (κ2) is 9.34. The molecule has 3 nitrogen and oxygen atoms in total. The lowest BCUT2D eigenvalue weighted by molar-refractivity contribution is 0.324. The Bertz CT molecular complexity index is 364. The van der Waals surface area contributed by atoms with E-state index in [-0.39, 0.29) is 0 Å². The number of hydrogen-bond donors (Lipinski definition) is 1. The van der Waals surface area contributed by atoms with Crippen LogP contribution in [0.2, 0.25) is 0 Å². The van der Waals surface area contributed by atoms with Crippen LogP contribution >= 0.6 is 11.8 Å². The lowest BCUT2D eigenvalue weighted by Gasteiger charge is -2.17. The van der Waals surface area contributed by atoms with E-state index in [0.717, 1.165) is 38.5 Å². The first kappa shape index (κ1) is 16.5. The zero-order valence-corrected chi connectivity index (χ0v) is 13.5. The third kappa shape index (κ3) is 5.93. The van der Waals surface area contributed by atoms with Gasteiger partial charge in [-0.2, -0.15) is 0 Å². The summed E-state index contributed by atoms with van der Waals surface area (Å²) in [6.45, 7) is 14.0. The maximum absolute atomic E-state index is 4.58. The standard InChI is InChI=1S/C15H27N3S/c1-5-16-11-14-10-13(4)15(17-12-14)19-9-8-18(6-2)7-3/h10,12,16H,5-9,11H2,1-4H3. The number of hydrogen-bond acceptors (Lipinski definition) is 4. The summed E-state index contributed by atoms with van der Waals surface area (Å²) in [7, 11) is 0. The Balaban J connectivity index is 2.46. The average Bonchev–Trinajstić information content (AvgIpc) is 2.43. The molecule has 0 fully saturated rings. The van der Waals surface area contributed by atoms with Crippen molar-refractivity contribution < 1.29 is 0 Å². The molecular formula is C15H27N3S. The monoisotopic (exact) mass is 281 g/mol. The Morgan fingerprint density at radius 3 is 2.58 bits per heavy atom. The van der Waals surface area contributed by atoms with E-state index in [4.69, 9.17) is 0 Å². The van der Waals surface area contributed by atoms with Crippen LogP contribution in [-0.2, 0) is 6.54 Å². The van der Waals surface area contributed by atoms with Crippen molar-refractivity contribution in [2.24, 2.45) is 0 Å². The number of pyridine rings is 1. The fraction of sp³-hybridized carbons (Fsp3) is 0.667. The fourth-order valence-electron chi connectivity index (χ4n) is 1.95. The van der Waals surface area contributed by atoms with E-state index in [1.807, 2.05) is 18.0 Å². The minimum absolute atomic E-state index is 0.911. The number of rotatable bonds is 9. The van der Waals surface area contributed by atoms with Crippen LogP contribution in [-0.4, -0.2) is 41.8 Å². The first-order valence-electron chi connectivity index (χ1n) is 7.22. The summed E-state index contributed by atoms with van der Waals surface area (Å²) in [4.78, 5) is 7.03. The zero-order chi connectivity index (χ0) is 14.1. The summed E-state index contributed by atoms with van der Waals surface area (Å²) >= 11 is 1.87. The van der Waals surface area contributed by atoms with Crippen molar-refractivity contribution in [1.82, 2.24) is 15.2 Å². The molecule has 0 aliphatic heterocycles. The summed E-state index contributed by atoms with van der Waals surface area (Å²) in [5, 5.41) is 4.50. The molecule has 0 unspecified atom stereocenters. The van der Waals surface area contributed by atoms with E-state index in [0.29, 0.717) is 0 Å². The van der Waals surface area contributed by atoms with Gasteiger partial charge in [0.25, 0.3) is 0 Å². The molecule has 1 aromatic rings. The number of thioether (sulfide) groups is 1. The predicted molar refractivity (Wildman–Crippen MR) is 84.9 cm³/mol. The highest BCUT2D eigenvalue weighted by Gasteiger charge is 2.04. The summed E-state index contributed by atoms with van der Waals surface area (Å²) < 4.78 is 0. The molecule has 1 heterocycles. The van der Waals surface area contributed by atoms with Gasteiger partial charge < -0.3 is 10.2 Å². The quantitative estimate of drug-likeness (QED) is 0.705. The van der Waals surface area contributed by atoms with Crippen LogP contribution in [0, 0.1) is 6.92 Å². The molecule has 0 bridgehead atoms. The highest BCUT2D eigenvalue weighted by atomic mass is 32.2. The van der Waals surface area contributed by atoms with Gasteiger partial charge in [0.2, 0.25) is 0 Å². The first-order chi connectivity index (χ1) is 9.21. The minimum Gasteiger partial charge on any atom is -0.313 e. The Labute approximate surface area is 122 Å². The number of nitrogens with zero attached hydrogens (tertiary/aromatic N) is 2. The van der Waals surface area contributed by atoms with Crippen molar-refractivity contribution >= 4 is 11.8 Å².